The number of nitrogens with zero attached hydrogens (tertiary/aromatic N) is 2. The van der Waals surface area contributed by atoms with E-state index in [-0.39, 0.29) is 12.0 Å². The van der Waals surface area contributed by atoms with Crippen molar-refractivity contribution in [3.8, 4) is 0 Å². The molecule has 1 atom stereocenters. The Hall–Kier alpha value is -0.650. The second-order valence-electron chi connectivity index (χ2n) is 7.50. The summed E-state index contributed by atoms with van der Waals surface area (Å²) in [5.74, 6) is 0.699. The minimum Gasteiger partial charge on any atom is -0.392 e. The van der Waals surface area contributed by atoms with Gasteiger partial charge in [0.1, 0.15) is 0 Å². The maximum atomic E-state index is 12.7. The molecule has 0 aromatic heterocycles. The molecule has 1 heterocycles. The largest absolute Gasteiger partial charge is 0.392 e. The van der Waals surface area contributed by atoms with E-state index in [2.05, 4.69) is 4.90 Å². The van der Waals surface area contributed by atoms with Crippen LogP contribution < -0.4 is 5.73 Å². The molecular formula is C17H33N3O2. The molecule has 1 amide bonds. The number of nitrogens with two attached hydrogens (primary N) is 1. The number of amides is 1. The number of aliphatic hydroxyl groups is 1. The van der Waals surface area contributed by atoms with E-state index in [0.717, 1.165) is 64.7 Å². The predicted octanol–water partition coefficient (Wildman–Crippen LogP) is 1.20. The molecule has 1 aliphatic carbocycles. The standard InChI is InChI=1S/C17H33N3O2/c1-14(21)12-20-10-6-15(7-11-20)13-19(2)16(22)17(18)8-4-3-5-9-17/h14-15,21H,3-13,18H2,1-2H3. The van der Waals surface area contributed by atoms with Gasteiger partial charge >= 0.3 is 0 Å². The van der Waals surface area contributed by atoms with Gasteiger partial charge in [-0.3, -0.25) is 4.79 Å². The molecule has 0 aromatic carbocycles. The zero-order chi connectivity index (χ0) is 16.2. The summed E-state index contributed by atoms with van der Waals surface area (Å²) in [5, 5.41) is 9.45. The molecule has 5 nitrogen and oxygen atoms in total. The van der Waals surface area contributed by atoms with E-state index in [1.165, 1.54) is 6.42 Å². The Morgan fingerprint density at radius 3 is 2.45 bits per heavy atom. The Bertz CT molecular complexity index is 359. The topological polar surface area (TPSA) is 69.8 Å². The lowest BCUT2D eigenvalue weighted by Gasteiger charge is -2.38. The van der Waals surface area contributed by atoms with Gasteiger partial charge in [0.15, 0.2) is 0 Å². The summed E-state index contributed by atoms with van der Waals surface area (Å²) in [7, 11) is 1.91. The summed E-state index contributed by atoms with van der Waals surface area (Å²) in [5.41, 5.74) is 5.75. The van der Waals surface area contributed by atoms with E-state index in [0.29, 0.717) is 5.92 Å². The summed E-state index contributed by atoms with van der Waals surface area (Å²) in [6.07, 6.45) is 6.97. The van der Waals surface area contributed by atoms with E-state index in [1.54, 1.807) is 0 Å². The van der Waals surface area contributed by atoms with E-state index in [1.807, 2.05) is 18.9 Å². The van der Waals surface area contributed by atoms with Crippen molar-refractivity contribution in [2.24, 2.45) is 11.7 Å². The van der Waals surface area contributed by atoms with Crippen LogP contribution in [-0.2, 0) is 4.79 Å². The number of β-amino-alcohol motifs (C(OH)–C–C–N with tert-alkyl or cyclic N) is 1. The zero-order valence-corrected chi connectivity index (χ0v) is 14.3. The van der Waals surface area contributed by atoms with Crippen LogP contribution in [-0.4, -0.2) is 65.7 Å². The molecule has 1 aliphatic heterocycles. The van der Waals surface area contributed by atoms with Crippen molar-refractivity contribution in [1.29, 1.82) is 0 Å². The van der Waals surface area contributed by atoms with Gasteiger partial charge in [0.05, 0.1) is 11.6 Å². The fraction of sp³-hybridized carbons (Fsp3) is 0.941. The average Bonchev–Trinajstić information content (AvgIpc) is 2.48. The van der Waals surface area contributed by atoms with Crippen LogP contribution in [0.25, 0.3) is 0 Å². The first-order valence-corrected chi connectivity index (χ1v) is 8.85. The molecule has 5 heteroatoms. The molecule has 0 radical (unpaired) electrons. The highest BCUT2D eigenvalue weighted by Crippen LogP contribution is 2.28. The SMILES string of the molecule is CC(O)CN1CCC(CN(C)C(=O)C2(N)CCCCC2)CC1. The molecule has 1 saturated carbocycles. The lowest BCUT2D eigenvalue weighted by molar-refractivity contribution is -0.137. The first kappa shape index (κ1) is 17.7. The molecule has 2 aliphatic rings. The number of hydrogen-bond donors (Lipinski definition) is 2. The zero-order valence-electron chi connectivity index (χ0n) is 14.3. The Kier molecular flexibility index (Phi) is 6.24. The Morgan fingerprint density at radius 1 is 1.32 bits per heavy atom. The van der Waals surface area contributed by atoms with Gasteiger partial charge in [-0.1, -0.05) is 19.3 Å². The minimum absolute atomic E-state index is 0.138. The van der Waals surface area contributed by atoms with Crippen LogP contribution in [0.1, 0.15) is 51.9 Å². The monoisotopic (exact) mass is 311 g/mol. The molecular weight excluding hydrogens is 278 g/mol. The van der Waals surface area contributed by atoms with Crippen molar-refractivity contribution in [1.82, 2.24) is 9.80 Å². The molecule has 3 N–H and O–H groups in total. The van der Waals surface area contributed by atoms with Crippen LogP contribution in [0, 0.1) is 5.92 Å². The van der Waals surface area contributed by atoms with Gasteiger partial charge in [0.25, 0.3) is 0 Å². The van der Waals surface area contributed by atoms with E-state index < -0.39 is 5.54 Å². The minimum atomic E-state index is -0.611. The number of carbonyl (C=O) groups excluding carboxylic acids is 1. The van der Waals surface area contributed by atoms with Gasteiger partial charge in [-0.05, 0) is 51.6 Å². The first-order chi connectivity index (χ1) is 10.4. The normalized spacial score (nSPS) is 24.9. The quantitative estimate of drug-likeness (QED) is 0.800. The van der Waals surface area contributed by atoms with Crippen LogP contribution in [0.5, 0.6) is 0 Å². The number of aliphatic hydroxyl groups excluding tert-OH is 1. The van der Waals surface area contributed by atoms with Crippen molar-refractivity contribution >= 4 is 5.91 Å². The molecule has 2 fully saturated rings. The molecule has 0 spiro atoms. The summed E-state index contributed by atoms with van der Waals surface area (Å²) in [6.45, 7) is 5.45. The number of carbonyl (C=O) groups is 1. The van der Waals surface area contributed by atoms with Gasteiger partial charge in [0.2, 0.25) is 5.91 Å². The van der Waals surface area contributed by atoms with Gasteiger partial charge in [-0.25, -0.2) is 0 Å². The second-order valence-corrected chi connectivity index (χ2v) is 7.50. The van der Waals surface area contributed by atoms with Gasteiger partial charge in [-0.2, -0.15) is 0 Å². The third kappa shape index (κ3) is 4.67. The summed E-state index contributed by atoms with van der Waals surface area (Å²) in [4.78, 5) is 16.9. The van der Waals surface area contributed by atoms with E-state index in [9.17, 15) is 9.90 Å². The van der Waals surface area contributed by atoms with E-state index in [4.69, 9.17) is 5.73 Å². The highest BCUT2D eigenvalue weighted by Gasteiger charge is 2.37. The number of piperidine rings is 1. The molecule has 22 heavy (non-hydrogen) atoms. The summed E-state index contributed by atoms with van der Waals surface area (Å²) < 4.78 is 0. The molecule has 2 rings (SSSR count). The second kappa shape index (κ2) is 7.75. The maximum absolute atomic E-state index is 12.7. The van der Waals surface area contributed by atoms with Crippen molar-refractivity contribution in [2.45, 2.75) is 63.5 Å². The van der Waals surface area contributed by atoms with Gasteiger partial charge < -0.3 is 20.6 Å². The molecule has 1 unspecified atom stereocenters. The Labute approximate surface area is 134 Å². The predicted molar refractivity (Wildman–Crippen MR) is 88.5 cm³/mol. The third-order valence-corrected chi connectivity index (χ3v) is 5.28. The van der Waals surface area contributed by atoms with Crippen molar-refractivity contribution < 1.29 is 9.90 Å². The van der Waals surface area contributed by atoms with Crippen molar-refractivity contribution in [2.75, 3.05) is 33.2 Å². The van der Waals surface area contributed by atoms with Crippen LogP contribution in [0.4, 0.5) is 0 Å². The number of hydrogen-bond acceptors (Lipinski definition) is 4. The smallest absolute Gasteiger partial charge is 0.242 e. The van der Waals surface area contributed by atoms with Crippen LogP contribution in [0.2, 0.25) is 0 Å². The van der Waals surface area contributed by atoms with E-state index >= 15 is 0 Å². The molecule has 128 valence electrons. The Morgan fingerprint density at radius 2 is 1.91 bits per heavy atom. The van der Waals surface area contributed by atoms with Crippen LogP contribution >= 0.6 is 0 Å². The third-order valence-electron chi connectivity index (χ3n) is 5.28. The average molecular weight is 311 g/mol. The highest BCUT2D eigenvalue weighted by atomic mass is 16.3. The van der Waals surface area contributed by atoms with Crippen LogP contribution in [0.3, 0.4) is 0 Å². The fourth-order valence-electron chi connectivity index (χ4n) is 3.97. The van der Waals surface area contributed by atoms with Gasteiger partial charge in [0, 0.05) is 20.1 Å². The highest BCUT2D eigenvalue weighted by molar-refractivity contribution is 5.86. The fourth-order valence-corrected chi connectivity index (χ4v) is 3.97. The lowest BCUT2D eigenvalue weighted by Crippen LogP contribution is -2.56. The Balaban J connectivity index is 1.77. The van der Waals surface area contributed by atoms with Crippen molar-refractivity contribution in [3.63, 3.8) is 0 Å². The lowest BCUT2D eigenvalue weighted by atomic mass is 9.81. The first-order valence-electron chi connectivity index (χ1n) is 8.85. The van der Waals surface area contributed by atoms with Crippen LogP contribution in [0.15, 0.2) is 0 Å². The summed E-state index contributed by atoms with van der Waals surface area (Å²) >= 11 is 0. The summed E-state index contributed by atoms with van der Waals surface area (Å²) in [6, 6.07) is 0. The van der Waals surface area contributed by atoms with Gasteiger partial charge in [-0.15, -0.1) is 0 Å². The maximum Gasteiger partial charge on any atom is 0.242 e. The molecule has 1 saturated heterocycles. The number of likely N-dealkylation sites (tertiary alicyclic amines) is 1. The number of likely N-dealkylation sites (N-methyl/N-ethyl adjacent to an activating group) is 1. The number of rotatable bonds is 5. The molecule has 0 bridgehead atoms. The van der Waals surface area contributed by atoms with Crippen molar-refractivity contribution in [3.05, 3.63) is 0 Å². The molecule has 0 aromatic rings.